The third kappa shape index (κ3) is 2.70. The molecule has 0 aromatic heterocycles. The highest BCUT2D eigenvalue weighted by molar-refractivity contribution is 6.00. The first kappa shape index (κ1) is 10.5. The number of azide groups is 1. The summed E-state index contributed by atoms with van der Waals surface area (Å²) in [6.07, 6.45) is 0.275. The van der Waals surface area contributed by atoms with Gasteiger partial charge in [0.05, 0.1) is 13.2 Å². The Hall–Kier alpha value is -1.63. The van der Waals surface area contributed by atoms with Gasteiger partial charge in [0, 0.05) is 17.8 Å². The number of amides is 2. The molecular weight excluding hydrogens is 192 g/mol. The van der Waals surface area contributed by atoms with Crippen molar-refractivity contribution in [2.45, 2.75) is 12.8 Å². The van der Waals surface area contributed by atoms with Crippen LogP contribution in [0.3, 0.4) is 0 Å². The van der Waals surface area contributed by atoms with Crippen LogP contribution in [0.25, 0.3) is 10.4 Å². The SMILES string of the molecule is [N-]=[N+]=NCCOON1C(=O)CCC1=O. The minimum Gasteiger partial charge on any atom is -0.272 e. The van der Waals surface area contributed by atoms with Crippen molar-refractivity contribution in [2.24, 2.45) is 5.11 Å². The molecule has 0 radical (unpaired) electrons. The van der Waals surface area contributed by atoms with Gasteiger partial charge >= 0.3 is 0 Å². The van der Waals surface area contributed by atoms with Crippen LogP contribution in [0.15, 0.2) is 5.11 Å². The molecule has 8 heteroatoms. The number of rotatable bonds is 5. The van der Waals surface area contributed by atoms with Gasteiger partial charge in [-0.05, 0) is 5.53 Å². The predicted octanol–water partition coefficient (Wildman–Crippen LogP) is 0.309. The van der Waals surface area contributed by atoms with E-state index in [1.165, 1.54) is 0 Å². The van der Waals surface area contributed by atoms with Gasteiger partial charge in [-0.1, -0.05) is 5.11 Å². The summed E-state index contributed by atoms with van der Waals surface area (Å²) in [7, 11) is 0. The van der Waals surface area contributed by atoms with Crippen molar-refractivity contribution >= 4 is 11.8 Å². The van der Waals surface area contributed by atoms with Crippen LogP contribution in [0.1, 0.15) is 12.8 Å². The normalized spacial score (nSPS) is 15.9. The van der Waals surface area contributed by atoms with Crippen molar-refractivity contribution in [3.8, 4) is 0 Å². The zero-order chi connectivity index (χ0) is 10.4. The topological polar surface area (TPSA) is 105 Å². The van der Waals surface area contributed by atoms with Crippen molar-refractivity contribution in [1.29, 1.82) is 0 Å². The predicted molar refractivity (Wildman–Crippen MR) is 42.1 cm³/mol. The second-order valence-electron chi connectivity index (χ2n) is 2.43. The molecule has 1 rings (SSSR count). The quantitative estimate of drug-likeness (QED) is 0.121. The molecule has 0 aliphatic carbocycles. The van der Waals surface area contributed by atoms with Crippen LogP contribution in [0.4, 0.5) is 0 Å². The van der Waals surface area contributed by atoms with E-state index in [9.17, 15) is 9.59 Å². The Labute approximate surface area is 78.9 Å². The van der Waals surface area contributed by atoms with E-state index in [-0.39, 0.29) is 26.0 Å². The van der Waals surface area contributed by atoms with E-state index >= 15 is 0 Å². The summed E-state index contributed by atoms with van der Waals surface area (Å²) in [5, 5.41) is 3.73. The van der Waals surface area contributed by atoms with E-state index in [2.05, 4.69) is 19.9 Å². The number of carbonyl (C=O) groups is 2. The van der Waals surface area contributed by atoms with E-state index in [4.69, 9.17) is 5.53 Å². The standard InChI is InChI=1S/C6H8N4O4/c7-9-8-3-4-13-14-10-5(11)1-2-6(10)12/h1-4H2. The van der Waals surface area contributed by atoms with E-state index in [1.807, 2.05) is 0 Å². The maximum Gasteiger partial charge on any atom is 0.256 e. The van der Waals surface area contributed by atoms with Crippen LogP contribution < -0.4 is 0 Å². The molecule has 76 valence electrons. The molecule has 2 amide bonds. The summed E-state index contributed by atoms with van der Waals surface area (Å²) < 4.78 is 0. The molecule has 1 aliphatic rings. The second kappa shape index (κ2) is 5.18. The molecule has 0 spiro atoms. The molecule has 0 atom stereocenters. The Balaban J connectivity index is 2.20. The lowest BCUT2D eigenvalue weighted by Gasteiger charge is -2.10. The summed E-state index contributed by atoms with van der Waals surface area (Å²) in [4.78, 5) is 33.2. The Morgan fingerprint density at radius 3 is 2.64 bits per heavy atom. The van der Waals surface area contributed by atoms with Gasteiger partial charge in [0.15, 0.2) is 0 Å². The number of imide groups is 1. The van der Waals surface area contributed by atoms with Crippen LogP contribution in [0.2, 0.25) is 0 Å². The molecular formula is C6H8N4O4. The number of carbonyl (C=O) groups excluding carboxylic acids is 2. The van der Waals surface area contributed by atoms with E-state index in [0.717, 1.165) is 0 Å². The minimum atomic E-state index is -0.432. The number of hydrogen-bond donors (Lipinski definition) is 0. The average Bonchev–Trinajstić information content (AvgIpc) is 2.48. The van der Waals surface area contributed by atoms with Gasteiger partial charge in [-0.25, -0.2) is 4.89 Å². The highest BCUT2D eigenvalue weighted by Crippen LogP contribution is 2.11. The molecule has 0 N–H and O–H groups in total. The van der Waals surface area contributed by atoms with Gasteiger partial charge in [0.25, 0.3) is 11.8 Å². The summed E-state index contributed by atoms with van der Waals surface area (Å²) in [5.41, 5.74) is 7.90. The summed E-state index contributed by atoms with van der Waals surface area (Å²) >= 11 is 0. The molecule has 0 bridgehead atoms. The Kier molecular flexibility index (Phi) is 3.86. The number of hydrogen-bond acceptors (Lipinski definition) is 5. The van der Waals surface area contributed by atoms with Crippen LogP contribution in [-0.2, 0) is 19.5 Å². The summed E-state index contributed by atoms with van der Waals surface area (Å²) in [5.74, 6) is -0.863. The van der Waals surface area contributed by atoms with Crippen LogP contribution in [0, 0.1) is 0 Å². The summed E-state index contributed by atoms with van der Waals surface area (Å²) in [6.45, 7) is 0.0633. The first-order chi connectivity index (χ1) is 6.75. The second-order valence-corrected chi connectivity index (χ2v) is 2.43. The van der Waals surface area contributed by atoms with Crippen molar-refractivity contribution in [1.82, 2.24) is 5.06 Å². The van der Waals surface area contributed by atoms with Crippen LogP contribution in [0.5, 0.6) is 0 Å². The van der Waals surface area contributed by atoms with E-state index in [1.54, 1.807) is 0 Å². The number of nitrogens with zero attached hydrogens (tertiary/aromatic N) is 4. The highest BCUT2D eigenvalue weighted by Gasteiger charge is 2.31. The van der Waals surface area contributed by atoms with Gasteiger partial charge in [0.1, 0.15) is 0 Å². The van der Waals surface area contributed by atoms with E-state index in [0.29, 0.717) is 5.06 Å². The lowest BCUT2D eigenvalue weighted by Crippen LogP contribution is -2.29. The van der Waals surface area contributed by atoms with Gasteiger partial charge in [-0.15, -0.1) is 10.1 Å². The lowest BCUT2D eigenvalue weighted by molar-refractivity contribution is -0.392. The monoisotopic (exact) mass is 200 g/mol. The van der Waals surface area contributed by atoms with Gasteiger partial charge < -0.3 is 0 Å². The molecule has 1 heterocycles. The first-order valence-electron chi connectivity index (χ1n) is 3.92. The molecule has 0 saturated carbocycles. The van der Waals surface area contributed by atoms with Crippen molar-refractivity contribution in [2.75, 3.05) is 13.2 Å². The third-order valence-corrected chi connectivity index (χ3v) is 1.47. The highest BCUT2D eigenvalue weighted by atomic mass is 17.3. The Morgan fingerprint density at radius 2 is 2.07 bits per heavy atom. The average molecular weight is 200 g/mol. The Morgan fingerprint density at radius 1 is 1.43 bits per heavy atom. The van der Waals surface area contributed by atoms with Gasteiger partial charge in [-0.3, -0.25) is 9.59 Å². The fourth-order valence-electron chi connectivity index (χ4n) is 0.852. The van der Waals surface area contributed by atoms with Crippen LogP contribution >= 0.6 is 0 Å². The van der Waals surface area contributed by atoms with Gasteiger partial charge in [0.2, 0.25) is 0 Å². The fourth-order valence-corrected chi connectivity index (χ4v) is 0.852. The van der Waals surface area contributed by atoms with Crippen molar-refractivity contribution in [3.05, 3.63) is 10.4 Å². The molecule has 1 fully saturated rings. The molecule has 0 aromatic rings. The maximum atomic E-state index is 10.9. The number of hydroxylamine groups is 2. The zero-order valence-corrected chi connectivity index (χ0v) is 7.25. The largest absolute Gasteiger partial charge is 0.272 e. The van der Waals surface area contributed by atoms with E-state index < -0.39 is 11.8 Å². The molecule has 14 heavy (non-hydrogen) atoms. The lowest BCUT2D eigenvalue weighted by atomic mass is 10.4. The third-order valence-electron chi connectivity index (χ3n) is 1.47. The molecule has 0 unspecified atom stereocenters. The van der Waals surface area contributed by atoms with Crippen molar-refractivity contribution < 1.29 is 19.5 Å². The zero-order valence-electron chi connectivity index (χ0n) is 7.25. The smallest absolute Gasteiger partial charge is 0.256 e. The van der Waals surface area contributed by atoms with Gasteiger partial charge in [-0.2, -0.15) is 0 Å². The molecule has 1 saturated heterocycles. The maximum absolute atomic E-state index is 10.9. The molecule has 1 aliphatic heterocycles. The molecule has 0 aromatic carbocycles. The fraction of sp³-hybridized carbons (Fsp3) is 0.667. The Bertz CT molecular complexity index is 270. The summed E-state index contributed by atoms with van der Waals surface area (Å²) in [6, 6.07) is 0. The minimum absolute atomic E-state index is 0.0128. The van der Waals surface area contributed by atoms with Crippen LogP contribution in [-0.4, -0.2) is 30.0 Å². The molecule has 8 nitrogen and oxygen atoms in total. The first-order valence-corrected chi connectivity index (χ1v) is 3.92. The van der Waals surface area contributed by atoms with Crippen molar-refractivity contribution in [3.63, 3.8) is 0 Å².